The van der Waals surface area contributed by atoms with Crippen molar-refractivity contribution < 1.29 is 4.79 Å². The fourth-order valence-electron chi connectivity index (χ4n) is 2.17. The third-order valence-electron chi connectivity index (χ3n) is 3.01. The summed E-state index contributed by atoms with van der Waals surface area (Å²) in [4.78, 5) is 12.0. The second-order valence-corrected chi connectivity index (χ2v) is 7.57. The molecule has 0 aromatic rings. The number of hydrogen-bond acceptors (Lipinski definition) is 3. The molecule has 0 saturated heterocycles. The molecule has 1 aliphatic rings. The molecule has 1 rings (SSSR count). The van der Waals surface area contributed by atoms with Gasteiger partial charge in [-0.15, -0.1) is 0 Å². The largest absolute Gasteiger partial charge is 0.343 e. The van der Waals surface area contributed by atoms with Crippen LogP contribution in [0.15, 0.2) is 12.2 Å². The van der Waals surface area contributed by atoms with E-state index in [1.165, 1.54) is 11.8 Å². The van der Waals surface area contributed by atoms with E-state index in [1.807, 2.05) is 7.05 Å². The summed E-state index contributed by atoms with van der Waals surface area (Å²) in [5.41, 5.74) is 0. The van der Waals surface area contributed by atoms with E-state index in [0.717, 1.165) is 25.7 Å². The minimum absolute atomic E-state index is 0.0270. The van der Waals surface area contributed by atoms with E-state index >= 15 is 0 Å². The molecule has 0 radical (unpaired) electrons. The molecule has 0 fully saturated rings. The molecule has 104 valence electrons. The van der Waals surface area contributed by atoms with Crippen LogP contribution in [0.5, 0.6) is 0 Å². The van der Waals surface area contributed by atoms with Crippen molar-refractivity contribution in [2.45, 2.75) is 63.3 Å². The number of hydrogen-bond donors (Lipinski definition) is 2. The number of carbonyl (C=O) groups excluding carboxylic acids is 1. The Morgan fingerprint density at radius 1 is 1.17 bits per heavy atom. The molecule has 2 atom stereocenters. The van der Waals surface area contributed by atoms with Gasteiger partial charge >= 0.3 is 0 Å². The fourth-order valence-corrected chi connectivity index (χ4v) is 2.93. The standard InChI is InChI=1S/C14H26N2OS/c1-14(2,3)18-13(17)16-12-10-8-6-5-7-9-11(12)15-4/h5-6,11-12,15H,7-10H2,1-4H3,(H,16,17)/b6-5+/t11-,12-/m1/s1. The predicted molar refractivity (Wildman–Crippen MR) is 80.1 cm³/mol. The molecule has 0 bridgehead atoms. The number of rotatable bonds is 2. The quantitative estimate of drug-likeness (QED) is 0.756. The highest BCUT2D eigenvalue weighted by Gasteiger charge is 2.24. The van der Waals surface area contributed by atoms with Gasteiger partial charge in [0, 0.05) is 16.8 Å². The van der Waals surface area contributed by atoms with Gasteiger partial charge in [-0.05, 0) is 32.7 Å². The third kappa shape index (κ3) is 5.91. The van der Waals surface area contributed by atoms with Gasteiger partial charge < -0.3 is 10.6 Å². The maximum absolute atomic E-state index is 12.0. The number of likely N-dealkylation sites (N-methyl/N-ethyl adjacent to an activating group) is 1. The van der Waals surface area contributed by atoms with E-state index in [0.29, 0.717) is 6.04 Å². The van der Waals surface area contributed by atoms with Gasteiger partial charge in [0.1, 0.15) is 0 Å². The van der Waals surface area contributed by atoms with Crippen LogP contribution < -0.4 is 10.6 Å². The molecule has 18 heavy (non-hydrogen) atoms. The summed E-state index contributed by atoms with van der Waals surface area (Å²) in [6.45, 7) is 6.19. The van der Waals surface area contributed by atoms with Crippen molar-refractivity contribution >= 4 is 17.0 Å². The first kappa shape index (κ1) is 15.6. The van der Waals surface area contributed by atoms with E-state index in [4.69, 9.17) is 0 Å². The molecule has 0 aromatic carbocycles. The van der Waals surface area contributed by atoms with Crippen LogP contribution in [0.25, 0.3) is 0 Å². The smallest absolute Gasteiger partial charge is 0.279 e. The Morgan fingerprint density at radius 2 is 1.72 bits per heavy atom. The van der Waals surface area contributed by atoms with Gasteiger partial charge in [0.2, 0.25) is 0 Å². The van der Waals surface area contributed by atoms with Gasteiger partial charge in [-0.3, -0.25) is 4.79 Å². The second kappa shape index (κ2) is 7.19. The molecule has 0 aromatic heterocycles. The van der Waals surface area contributed by atoms with E-state index in [1.54, 1.807) is 0 Å². The van der Waals surface area contributed by atoms with E-state index in [-0.39, 0.29) is 16.0 Å². The Labute approximate surface area is 115 Å². The average molecular weight is 270 g/mol. The Balaban J connectivity index is 2.55. The van der Waals surface area contributed by atoms with Crippen molar-refractivity contribution in [3.63, 3.8) is 0 Å². The highest BCUT2D eigenvalue weighted by atomic mass is 32.2. The van der Waals surface area contributed by atoms with Crippen LogP contribution in [-0.4, -0.2) is 29.1 Å². The zero-order valence-corrected chi connectivity index (χ0v) is 12.8. The fraction of sp³-hybridized carbons (Fsp3) is 0.786. The summed E-state index contributed by atoms with van der Waals surface area (Å²) in [5, 5.41) is 6.60. The van der Waals surface area contributed by atoms with Crippen molar-refractivity contribution in [1.29, 1.82) is 0 Å². The van der Waals surface area contributed by atoms with Gasteiger partial charge in [-0.1, -0.05) is 44.7 Å². The minimum atomic E-state index is -0.0270. The molecule has 1 amide bonds. The number of thioether (sulfide) groups is 1. The van der Waals surface area contributed by atoms with E-state index in [9.17, 15) is 4.79 Å². The lowest BCUT2D eigenvalue weighted by molar-refractivity contribution is 0.251. The van der Waals surface area contributed by atoms with Gasteiger partial charge in [-0.2, -0.15) is 0 Å². The van der Waals surface area contributed by atoms with E-state index in [2.05, 4.69) is 43.6 Å². The van der Waals surface area contributed by atoms with Gasteiger partial charge in [0.05, 0.1) is 0 Å². The zero-order chi connectivity index (χ0) is 13.6. The van der Waals surface area contributed by atoms with Crippen molar-refractivity contribution in [2.75, 3.05) is 7.05 Å². The number of amides is 1. The minimum Gasteiger partial charge on any atom is -0.343 e. The van der Waals surface area contributed by atoms with Crippen LogP contribution in [0, 0.1) is 0 Å². The lowest BCUT2D eigenvalue weighted by Gasteiger charge is -2.29. The lowest BCUT2D eigenvalue weighted by Crippen LogP contribution is -2.48. The zero-order valence-electron chi connectivity index (χ0n) is 12.0. The number of allylic oxidation sites excluding steroid dienone is 2. The van der Waals surface area contributed by atoms with E-state index < -0.39 is 0 Å². The van der Waals surface area contributed by atoms with Crippen molar-refractivity contribution in [3.8, 4) is 0 Å². The van der Waals surface area contributed by atoms with Crippen LogP contribution in [-0.2, 0) is 0 Å². The molecule has 0 aliphatic heterocycles. The summed E-state index contributed by atoms with van der Waals surface area (Å²) in [7, 11) is 1.98. The Kier molecular flexibility index (Phi) is 6.22. The van der Waals surface area contributed by atoms with Gasteiger partial charge in [0.25, 0.3) is 5.24 Å². The molecule has 4 heteroatoms. The Bertz CT molecular complexity index is 297. The van der Waals surface area contributed by atoms with Crippen LogP contribution >= 0.6 is 11.8 Å². The molecule has 0 spiro atoms. The van der Waals surface area contributed by atoms with Crippen LogP contribution in [0.4, 0.5) is 4.79 Å². The third-order valence-corrected chi connectivity index (χ3v) is 3.93. The second-order valence-electron chi connectivity index (χ2n) is 5.77. The van der Waals surface area contributed by atoms with Crippen molar-refractivity contribution in [2.24, 2.45) is 0 Å². The molecule has 3 nitrogen and oxygen atoms in total. The molecule has 0 unspecified atom stereocenters. The maximum Gasteiger partial charge on any atom is 0.279 e. The van der Waals surface area contributed by atoms with Crippen molar-refractivity contribution in [1.82, 2.24) is 10.6 Å². The number of nitrogens with one attached hydrogen (secondary N) is 2. The number of carbonyl (C=O) groups is 1. The first-order valence-electron chi connectivity index (χ1n) is 6.74. The van der Waals surface area contributed by atoms with Crippen LogP contribution in [0.1, 0.15) is 46.5 Å². The Morgan fingerprint density at radius 3 is 2.22 bits per heavy atom. The Hall–Kier alpha value is -0.480. The molecular formula is C14H26N2OS. The molecule has 0 saturated carbocycles. The highest BCUT2D eigenvalue weighted by molar-refractivity contribution is 8.14. The summed E-state index contributed by atoms with van der Waals surface area (Å²) in [5.74, 6) is 0. The lowest BCUT2D eigenvalue weighted by atomic mass is 9.96. The average Bonchev–Trinajstić information content (AvgIpc) is 2.20. The maximum atomic E-state index is 12.0. The monoisotopic (exact) mass is 270 g/mol. The molecule has 1 aliphatic carbocycles. The topological polar surface area (TPSA) is 41.1 Å². The molecule has 0 heterocycles. The van der Waals surface area contributed by atoms with Crippen molar-refractivity contribution in [3.05, 3.63) is 12.2 Å². The summed E-state index contributed by atoms with van der Waals surface area (Å²) < 4.78 is -0.0270. The summed E-state index contributed by atoms with van der Waals surface area (Å²) >= 11 is 1.38. The van der Waals surface area contributed by atoms with Gasteiger partial charge in [-0.25, -0.2) is 0 Å². The van der Waals surface area contributed by atoms with Crippen LogP contribution in [0.2, 0.25) is 0 Å². The van der Waals surface area contributed by atoms with Gasteiger partial charge in [0.15, 0.2) is 0 Å². The first-order chi connectivity index (χ1) is 8.42. The SMILES string of the molecule is CN[C@@H]1CC/C=C/CC[C@H]1NC(=O)SC(C)(C)C. The molecule has 2 N–H and O–H groups in total. The normalized spacial score (nSPS) is 27.1. The summed E-state index contributed by atoms with van der Waals surface area (Å²) in [6.07, 6.45) is 8.69. The molecular weight excluding hydrogens is 244 g/mol. The van der Waals surface area contributed by atoms with Crippen LogP contribution in [0.3, 0.4) is 0 Å². The first-order valence-corrected chi connectivity index (χ1v) is 7.56. The highest BCUT2D eigenvalue weighted by Crippen LogP contribution is 2.24. The predicted octanol–water partition coefficient (Wildman–Crippen LogP) is 3.31. The summed E-state index contributed by atoms with van der Waals surface area (Å²) in [6, 6.07) is 0.613.